The SMILES string of the molecule is CC(C)C(=O)C(O)OP. The number of Topliss-reactive ketones (excluding diaryl/α,β-unsaturated/α-hetero) is 1. The van der Waals surface area contributed by atoms with Gasteiger partial charge in [-0.05, 0) is 0 Å². The van der Waals surface area contributed by atoms with Crippen LogP contribution in [0.5, 0.6) is 0 Å². The van der Waals surface area contributed by atoms with E-state index < -0.39 is 6.29 Å². The zero-order valence-corrected chi connectivity index (χ0v) is 6.65. The lowest BCUT2D eigenvalue weighted by Gasteiger charge is -2.08. The van der Waals surface area contributed by atoms with Gasteiger partial charge in [0.05, 0.1) is 0 Å². The number of hydrogen-bond acceptors (Lipinski definition) is 3. The first kappa shape index (κ1) is 9.02. The molecule has 0 aromatic rings. The van der Waals surface area contributed by atoms with Crippen LogP contribution in [0.2, 0.25) is 0 Å². The summed E-state index contributed by atoms with van der Waals surface area (Å²) in [4.78, 5) is 10.7. The lowest BCUT2D eigenvalue weighted by atomic mass is 10.1. The quantitative estimate of drug-likeness (QED) is 0.466. The van der Waals surface area contributed by atoms with Crippen molar-refractivity contribution in [2.75, 3.05) is 0 Å². The topological polar surface area (TPSA) is 46.5 Å². The predicted octanol–water partition coefficient (Wildman–Crippen LogP) is 0.337. The van der Waals surface area contributed by atoms with Crippen LogP contribution in [0.25, 0.3) is 0 Å². The molecular formula is C5H11O3P. The van der Waals surface area contributed by atoms with Crippen molar-refractivity contribution in [2.24, 2.45) is 5.92 Å². The van der Waals surface area contributed by atoms with E-state index in [-0.39, 0.29) is 11.7 Å². The zero-order valence-electron chi connectivity index (χ0n) is 5.50. The summed E-state index contributed by atoms with van der Waals surface area (Å²) in [5.74, 6) is -0.481. The van der Waals surface area contributed by atoms with Crippen LogP contribution in [0.3, 0.4) is 0 Å². The Bertz CT molecular complexity index is 102. The highest BCUT2D eigenvalue weighted by atomic mass is 31.0. The number of hydrogen-bond donors (Lipinski definition) is 1. The average molecular weight is 150 g/mol. The van der Waals surface area contributed by atoms with Crippen LogP contribution in [0.4, 0.5) is 0 Å². The Kier molecular flexibility index (Phi) is 3.95. The van der Waals surface area contributed by atoms with Crippen molar-refractivity contribution in [1.82, 2.24) is 0 Å². The van der Waals surface area contributed by atoms with E-state index in [1.807, 2.05) is 9.47 Å². The van der Waals surface area contributed by atoms with Crippen LogP contribution in [0.15, 0.2) is 0 Å². The molecule has 0 aromatic carbocycles. The minimum atomic E-state index is -1.28. The Labute approximate surface area is 56.7 Å². The Morgan fingerprint density at radius 1 is 1.67 bits per heavy atom. The van der Waals surface area contributed by atoms with Gasteiger partial charge < -0.3 is 9.63 Å². The van der Waals surface area contributed by atoms with Gasteiger partial charge in [0, 0.05) is 15.4 Å². The summed E-state index contributed by atoms with van der Waals surface area (Å²) in [6, 6.07) is 0. The molecule has 0 aliphatic rings. The van der Waals surface area contributed by atoms with E-state index in [9.17, 15) is 4.79 Å². The van der Waals surface area contributed by atoms with E-state index in [4.69, 9.17) is 5.11 Å². The Morgan fingerprint density at radius 3 is 2.22 bits per heavy atom. The first-order valence-electron chi connectivity index (χ1n) is 2.67. The van der Waals surface area contributed by atoms with Gasteiger partial charge in [0.1, 0.15) is 0 Å². The highest BCUT2D eigenvalue weighted by molar-refractivity contribution is 7.09. The fraction of sp³-hybridized carbons (Fsp3) is 0.800. The van der Waals surface area contributed by atoms with Gasteiger partial charge in [-0.25, -0.2) is 0 Å². The number of ketones is 1. The maximum atomic E-state index is 10.7. The normalized spacial score (nSPS) is 13.9. The largest absolute Gasteiger partial charge is 0.362 e. The lowest BCUT2D eigenvalue weighted by Crippen LogP contribution is -2.24. The molecule has 2 unspecified atom stereocenters. The Hall–Kier alpha value is 0.0200. The van der Waals surface area contributed by atoms with Crippen molar-refractivity contribution in [2.45, 2.75) is 20.1 Å². The minimum absolute atomic E-state index is 0.180. The molecule has 0 aromatic heterocycles. The first-order valence-corrected chi connectivity index (χ1v) is 3.14. The van der Waals surface area contributed by atoms with Gasteiger partial charge in [0.2, 0.25) is 6.29 Å². The van der Waals surface area contributed by atoms with Gasteiger partial charge >= 0.3 is 0 Å². The second kappa shape index (κ2) is 3.94. The van der Waals surface area contributed by atoms with E-state index in [0.717, 1.165) is 0 Å². The molecule has 0 saturated carbocycles. The van der Waals surface area contributed by atoms with Crippen LogP contribution in [0, 0.1) is 5.92 Å². The number of aliphatic hydroxyl groups is 1. The van der Waals surface area contributed by atoms with Gasteiger partial charge in [0.25, 0.3) is 0 Å². The molecule has 1 N–H and O–H groups in total. The molecule has 9 heavy (non-hydrogen) atoms. The molecular weight excluding hydrogens is 139 g/mol. The number of carbonyl (C=O) groups excluding carboxylic acids is 1. The van der Waals surface area contributed by atoms with Crippen molar-refractivity contribution >= 4 is 15.2 Å². The van der Waals surface area contributed by atoms with Crippen LogP contribution >= 0.6 is 9.47 Å². The summed E-state index contributed by atoms with van der Waals surface area (Å²) >= 11 is 0. The predicted molar refractivity (Wildman–Crippen MR) is 36.6 cm³/mol. The maximum Gasteiger partial charge on any atom is 0.218 e. The average Bonchev–Trinajstić information content (AvgIpc) is 1.84. The molecule has 0 aliphatic heterocycles. The van der Waals surface area contributed by atoms with E-state index in [1.54, 1.807) is 13.8 Å². The second-order valence-corrected chi connectivity index (χ2v) is 2.32. The summed E-state index contributed by atoms with van der Waals surface area (Å²) in [5, 5.41) is 8.70. The Balaban J connectivity index is 3.73. The summed E-state index contributed by atoms with van der Waals surface area (Å²) in [6.45, 7) is 3.41. The van der Waals surface area contributed by atoms with Crippen LogP contribution in [-0.4, -0.2) is 17.2 Å². The second-order valence-electron chi connectivity index (χ2n) is 2.05. The van der Waals surface area contributed by atoms with Gasteiger partial charge in [-0.2, -0.15) is 0 Å². The molecule has 0 fully saturated rings. The molecule has 54 valence electrons. The number of rotatable bonds is 3. The van der Waals surface area contributed by atoms with E-state index in [2.05, 4.69) is 4.52 Å². The molecule has 4 heteroatoms. The fourth-order valence-electron chi connectivity index (χ4n) is 0.352. The van der Waals surface area contributed by atoms with Crippen LogP contribution in [-0.2, 0) is 9.32 Å². The monoisotopic (exact) mass is 150 g/mol. The third kappa shape index (κ3) is 2.89. The lowest BCUT2D eigenvalue weighted by molar-refractivity contribution is -0.142. The van der Waals surface area contributed by atoms with Crippen LogP contribution < -0.4 is 0 Å². The molecule has 0 saturated heterocycles. The Morgan fingerprint density at radius 2 is 2.11 bits per heavy atom. The molecule has 0 heterocycles. The highest BCUT2D eigenvalue weighted by Crippen LogP contribution is 2.03. The van der Waals surface area contributed by atoms with Crippen molar-refractivity contribution in [1.29, 1.82) is 0 Å². The number of carbonyl (C=O) groups is 1. The van der Waals surface area contributed by atoms with Gasteiger partial charge in [-0.15, -0.1) is 0 Å². The van der Waals surface area contributed by atoms with Gasteiger partial charge in [-0.3, -0.25) is 4.79 Å². The van der Waals surface area contributed by atoms with Crippen LogP contribution in [0.1, 0.15) is 13.8 Å². The molecule has 0 spiro atoms. The van der Waals surface area contributed by atoms with Crippen molar-refractivity contribution in [3.05, 3.63) is 0 Å². The highest BCUT2D eigenvalue weighted by Gasteiger charge is 2.16. The van der Waals surface area contributed by atoms with Crippen molar-refractivity contribution in [3.63, 3.8) is 0 Å². The van der Waals surface area contributed by atoms with Crippen molar-refractivity contribution < 1.29 is 14.4 Å². The molecule has 2 atom stereocenters. The number of aliphatic hydroxyl groups excluding tert-OH is 1. The third-order valence-electron chi connectivity index (χ3n) is 0.941. The van der Waals surface area contributed by atoms with Gasteiger partial charge in [0.15, 0.2) is 5.78 Å². The molecule has 0 amide bonds. The maximum absolute atomic E-state index is 10.7. The molecule has 0 radical (unpaired) electrons. The first-order chi connectivity index (χ1) is 4.09. The molecule has 3 nitrogen and oxygen atoms in total. The molecule has 0 rings (SSSR count). The molecule has 0 bridgehead atoms. The summed E-state index contributed by atoms with van der Waals surface area (Å²) < 4.78 is 4.30. The van der Waals surface area contributed by atoms with E-state index in [1.165, 1.54) is 0 Å². The van der Waals surface area contributed by atoms with Crippen molar-refractivity contribution in [3.8, 4) is 0 Å². The molecule has 0 aliphatic carbocycles. The summed E-state index contributed by atoms with van der Waals surface area (Å²) in [7, 11) is 1.84. The third-order valence-corrected chi connectivity index (χ3v) is 1.20. The summed E-state index contributed by atoms with van der Waals surface area (Å²) in [6.07, 6.45) is -1.28. The minimum Gasteiger partial charge on any atom is -0.362 e. The standard InChI is InChI=1S/C5H11O3P/c1-3(2)4(6)5(7)8-9/h3,5,7H,9H2,1-2H3. The summed E-state index contributed by atoms with van der Waals surface area (Å²) in [5.41, 5.74) is 0. The zero-order chi connectivity index (χ0) is 7.44. The van der Waals surface area contributed by atoms with Gasteiger partial charge in [-0.1, -0.05) is 13.8 Å². The van der Waals surface area contributed by atoms with E-state index >= 15 is 0 Å². The smallest absolute Gasteiger partial charge is 0.218 e. The fourth-order valence-corrected chi connectivity index (χ4v) is 0.486. The van der Waals surface area contributed by atoms with E-state index in [0.29, 0.717) is 0 Å².